The van der Waals surface area contributed by atoms with Gasteiger partial charge in [0.1, 0.15) is 5.82 Å². The molecule has 7 heteroatoms. The Hall–Kier alpha value is -2.02. The standard InChI is InChI=1S/C13H13FN2O3S/c1-8-5-9(16(2)15-8)7-20(19)10-3-4-12(14)11(6-10)13(17)18/h3-6H,7H2,1-2H3,(H,17,18). The Bertz CT molecular complexity index is 697. The quantitative estimate of drug-likeness (QED) is 0.935. The maximum atomic E-state index is 13.3. The van der Waals surface area contributed by atoms with Crippen LogP contribution >= 0.6 is 0 Å². The van der Waals surface area contributed by atoms with E-state index in [1.165, 1.54) is 6.07 Å². The minimum Gasteiger partial charge on any atom is -0.478 e. The third-order valence-corrected chi connectivity index (χ3v) is 4.15. The molecular formula is C13H13FN2O3S. The summed E-state index contributed by atoms with van der Waals surface area (Å²) < 4.78 is 27.1. The van der Waals surface area contributed by atoms with Crippen LogP contribution < -0.4 is 0 Å². The van der Waals surface area contributed by atoms with Crippen LogP contribution in [-0.2, 0) is 23.6 Å². The molecule has 0 amide bonds. The highest BCUT2D eigenvalue weighted by molar-refractivity contribution is 7.84. The Kier molecular flexibility index (Phi) is 3.99. The number of aromatic carboxylic acids is 1. The van der Waals surface area contributed by atoms with Gasteiger partial charge >= 0.3 is 5.97 Å². The van der Waals surface area contributed by atoms with Gasteiger partial charge in [0.25, 0.3) is 0 Å². The molecule has 20 heavy (non-hydrogen) atoms. The summed E-state index contributed by atoms with van der Waals surface area (Å²) in [5, 5.41) is 13.0. The Balaban J connectivity index is 2.28. The molecule has 0 saturated heterocycles. The van der Waals surface area contributed by atoms with Gasteiger partial charge in [-0.3, -0.25) is 8.89 Å². The highest BCUT2D eigenvalue weighted by atomic mass is 32.2. The van der Waals surface area contributed by atoms with Crippen molar-refractivity contribution in [3.63, 3.8) is 0 Å². The topological polar surface area (TPSA) is 72.2 Å². The normalized spacial score (nSPS) is 12.3. The molecule has 5 nitrogen and oxygen atoms in total. The highest BCUT2D eigenvalue weighted by Gasteiger charge is 2.15. The number of rotatable bonds is 4. The molecule has 0 radical (unpaired) electrons. The third kappa shape index (κ3) is 2.93. The molecule has 0 fully saturated rings. The van der Waals surface area contributed by atoms with Gasteiger partial charge in [-0.25, -0.2) is 9.18 Å². The molecule has 106 valence electrons. The SMILES string of the molecule is Cc1cc(CS(=O)c2ccc(F)c(C(=O)O)c2)n(C)n1. The lowest BCUT2D eigenvalue weighted by Crippen LogP contribution is -2.06. The maximum absolute atomic E-state index is 13.3. The van der Waals surface area contributed by atoms with Crippen LogP contribution in [0, 0.1) is 12.7 Å². The number of carboxylic acids is 1. The zero-order valence-electron chi connectivity index (χ0n) is 11.0. The molecule has 0 aliphatic carbocycles. The first-order valence-corrected chi connectivity index (χ1v) is 7.11. The van der Waals surface area contributed by atoms with E-state index < -0.39 is 28.1 Å². The second-order valence-corrected chi connectivity index (χ2v) is 5.79. The minimum atomic E-state index is -1.46. The number of nitrogens with zero attached hydrogens (tertiary/aromatic N) is 2. The molecule has 1 unspecified atom stereocenters. The summed E-state index contributed by atoms with van der Waals surface area (Å²) >= 11 is 0. The van der Waals surface area contributed by atoms with E-state index in [1.54, 1.807) is 17.8 Å². The number of carboxylic acid groups (broad SMARTS) is 1. The molecular weight excluding hydrogens is 283 g/mol. The van der Waals surface area contributed by atoms with Crippen molar-refractivity contribution in [2.24, 2.45) is 7.05 Å². The first-order valence-electron chi connectivity index (χ1n) is 5.79. The van der Waals surface area contributed by atoms with Crippen molar-refractivity contribution in [3.05, 3.63) is 47.0 Å². The fraction of sp³-hybridized carbons (Fsp3) is 0.231. The monoisotopic (exact) mass is 296 g/mol. The summed E-state index contributed by atoms with van der Waals surface area (Å²) in [6.45, 7) is 1.83. The fourth-order valence-corrected chi connectivity index (χ4v) is 3.00. The Morgan fingerprint density at radius 2 is 2.15 bits per heavy atom. The van der Waals surface area contributed by atoms with Gasteiger partial charge in [-0.1, -0.05) is 0 Å². The van der Waals surface area contributed by atoms with Crippen LogP contribution in [0.25, 0.3) is 0 Å². The molecule has 0 spiro atoms. The average Bonchev–Trinajstić information content (AvgIpc) is 2.67. The summed E-state index contributed by atoms with van der Waals surface area (Å²) in [5.41, 5.74) is 1.10. The number of halogens is 1. The molecule has 2 aromatic rings. The number of hydrogen-bond acceptors (Lipinski definition) is 3. The van der Waals surface area contributed by atoms with Crippen LogP contribution in [0.5, 0.6) is 0 Å². The van der Waals surface area contributed by atoms with E-state index in [2.05, 4.69) is 5.10 Å². The van der Waals surface area contributed by atoms with Gasteiger partial charge in [0.15, 0.2) is 0 Å². The molecule has 0 bridgehead atoms. The van der Waals surface area contributed by atoms with Gasteiger partial charge in [-0.2, -0.15) is 5.10 Å². The second kappa shape index (κ2) is 5.54. The number of aryl methyl sites for hydroxylation is 2. The molecule has 1 N–H and O–H groups in total. The van der Waals surface area contributed by atoms with Gasteiger partial charge in [0, 0.05) is 11.9 Å². The van der Waals surface area contributed by atoms with E-state index in [0.717, 1.165) is 23.5 Å². The largest absolute Gasteiger partial charge is 0.478 e. The van der Waals surface area contributed by atoms with Crippen molar-refractivity contribution in [2.75, 3.05) is 0 Å². The van der Waals surface area contributed by atoms with Crippen molar-refractivity contribution in [2.45, 2.75) is 17.6 Å². The van der Waals surface area contributed by atoms with Gasteiger partial charge in [-0.15, -0.1) is 0 Å². The van der Waals surface area contributed by atoms with E-state index in [9.17, 15) is 13.4 Å². The molecule has 1 aromatic heterocycles. The van der Waals surface area contributed by atoms with Crippen LogP contribution in [0.4, 0.5) is 4.39 Å². The summed E-state index contributed by atoms with van der Waals surface area (Å²) in [6, 6.07) is 5.27. The first kappa shape index (κ1) is 14.4. The molecule has 1 aromatic carbocycles. The summed E-state index contributed by atoms with van der Waals surface area (Å²) in [4.78, 5) is 11.1. The van der Waals surface area contributed by atoms with Crippen molar-refractivity contribution >= 4 is 16.8 Å². The van der Waals surface area contributed by atoms with E-state index in [-0.39, 0.29) is 10.6 Å². The van der Waals surface area contributed by atoms with E-state index >= 15 is 0 Å². The predicted molar refractivity (Wildman–Crippen MR) is 71.4 cm³/mol. The number of hydrogen-bond donors (Lipinski definition) is 1. The number of carbonyl (C=O) groups is 1. The zero-order chi connectivity index (χ0) is 14.9. The molecule has 1 atom stereocenters. The van der Waals surface area contributed by atoms with E-state index in [0.29, 0.717) is 0 Å². The average molecular weight is 296 g/mol. The molecule has 0 aliphatic rings. The highest BCUT2D eigenvalue weighted by Crippen LogP contribution is 2.17. The van der Waals surface area contributed by atoms with Crippen LogP contribution in [-0.4, -0.2) is 25.1 Å². The lowest BCUT2D eigenvalue weighted by molar-refractivity contribution is 0.0691. The van der Waals surface area contributed by atoms with Crippen molar-refractivity contribution in [1.82, 2.24) is 9.78 Å². The van der Waals surface area contributed by atoms with E-state index in [1.807, 2.05) is 6.92 Å². The lowest BCUT2D eigenvalue weighted by Gasteiger charge is -2.05. The van der Waals surface area contributed by atoms with Crippen molar-refractivity contribution < 1.29 is 18.5 Å². The maximum Gasteiger partial charge on any atom is 0.338 e. The third-order valence-electron chi connectivity index (χ3n) is 2.81. The zero-order valence-corrected chi connectivity index (χ0v) is 11.8. The number of aromatic nitrogens is 2. The Morgan fingerprint density at radius 3 is 2.70 bits per heavy atom. The van der Waals surface area contributed by atoms with Crippen molar-refractivity contribution in [1.29, 1.82) is 0 Å². The molecule has 0 aliphatic heterocycles. The predicted octanol–water partition coefficient (Wildman–Crippen LogP) is 1.87. The summed E-state index contributed by atoms with van der Waals surface area (Å²) in [6.07, 6.45) is 0. The van der Waals surface area contributed by atoms with Gasteiger partial charge in [0.2, 0.25) is 0 Å². The fourth-order valence-electron chi connectivity index (χ4n) is 1.83. The molecule has 0 saturated carbocycles. The lowest BCUT2D eigenvalue weighted by atomic mass is 10.2. The van der Waals surface area contributed by atoms with Crippen LogP contribution in [0.1, 0.15) is 21.7 Å². The first-order chi connectivity index (χ1) is 9.38. The molecule has 2 rings (SSSR count). The second-order valence-electron chi connectivity index (χ2n) is 4.34. The Morgan fingerprint density at radius 1 is 1.45 bits per heavy atom. The van der Waals surface area contributed by atoms with Crippen molar-refractivity contribution in [3.8, 4) is 0 Å². The number of benzene rings is 1. The van der Waals surface area contributed by atoms with Gasteiger partial charge in [-0.05, 0) is 31.2 Å². The van der Waals surface area contributed by atoms with Crippen LogP contribution in [0.15, 0.2) is 29.2 Å². The minimum absolute atomic E-state index is 0.196. The molecule has 1 heterocycles. The van der Waals surface area contributed by atoms with E-state index in [4.69, 9.17) is 5.11 Å². The van der Waals surface area contributed by atoms with Gasteiger partial charge < -0.3 is 5.11 Å². The Labute approximate surface area is 117 Å². The van der Waals surface area contributed by atoms with Crippen LogP contribution in [0.2, 0.25) is 0 Å². The van der Waals surface area contributed by atoms with Gasteiger partial charge in [0.05, 0.1) is 33.5 Å². The summed E-state index contributed by atoms with van der Waals surface area (Å²) in [5.74, 6) is -2.02. The smallest absolute Gasteiger partial charge is 0.338 e. The summed E-state index contributed by atoms with van der Waals surface area (Å²) in [7, 11) is 0.286. The van der Waals surface area contributed by atoms with Crippen LogP contribution in [0.3, 0.4) is 0 Å².